The first-order valence-corrected chi connectivity index (χ1v) is 10.4. The Morgan fingerprint density at radius 3 is 2.43 bits per heavy atom. The van der Waals surface area contributed by atoms with E-state index in [4.69, 9.17) is 4.74 Å². The standard InChI is InChI=1S/C19H21N3O4S2/c1-4-9-26-18(25)17-13(3)28-19(22-17)21-16(24)11-27-10-15(23)20-14-7-5-12(2)6-8-14/h4-8H,1,9-11H2,2-3H3,(H,20,23)(H,21,22,24). The Morgan fingerprint density at radius 1 is 1.14 bits per heavy atom. The summed E-state index contributed by atoms with van der Waals surface area (Å²) in [5, 5.41) is 5.72. The van der Waals surface area contributed by atoms with Crippen LogP contribution in [0, 0.1) is 13.8 Å². The SMILES string of the molecule is C=CCOC(=O)c1nc(NC(=O)CSCC(=O)Nc2ccc(C)cc2)sc1C. The highest BCUT2D eigenvalue weighted by molar-refractivity contribution is 8.00. The molecule has 0 aliphatic rings. The van der Waals surface area contributed by atoms with Crippen molar-refractivity contribution in [2.75, 3.05) is 28.7 Å². The van der Waals surface area contributed by atoms with Crippen LogP contribution in [0.4, 0.5) is 10.8 Å². The summed E-state index contributed by atoms with van der Waals surface area (Å²) in [4.78, 5) is 40.5. The van der Waals surface area contributed by atoms with E-state index in [9.17, 15) is 14.4 Å². The highest BCUT2D eigenvalue weighted by Gasteiger charge is 2.17. The number of amides is 2. The number of benzene rings is 1. The Morgan fingerprint density at radius 2 is 1.79 bits per heavy atom. The van der Waals surface area contributed by atoms with Crippen LogP contribution in [-0.4, -0.2) is 40.9 Å². The largest absolute Gasteiger partial charge is 0.457 e. The van der Waals surface area contributed by atoms with Crippen molar-refractivity contribution >= 4 is 51.7 Å². The molecule has 1 aromatic heterocycles. The van der Waals surface area contributed by atoms with Gasteiger partial charge in [-0.2, -0.15) is 0 Å². The first kappa shape index (κ1) is 21.6. The molecule has 148 valence electrons. The van der Waals surface area contributed by atoms with Crippen molar-refractivity contribution in [3.05, 3.63) is 53.1 Å². The van der Waals surface area contributed by atoms with E-state index in [1.54, 1.807) is 6.92 Å². The summed E-state index contributed by atoms with van der Waals surface area (Å²) in [6, 6.07) is 7.47. The molecule has 0 fully saturated rings. The Kier molecular flexibility index (Phi) is 8.21. The van der Waals surface area contributed by atoms with Crippen LogP contribution in [0.2, 0.25) is 0 Å². The summed E-state index contributed by atoms with van der Waals surface area (Å²) in [7, 11) is 0. The summed E-state index contributed by atoms with van der Waals surface area (Å²) < 4.78 is 4.95. The Hall–Kier alpha value is -2.65. The van der Waals surface area contributed by atoms with Gasteiger partial charge in [-0.3, -0.25) is 9.59 Å². The molecule has 28 heavy (non-hydrogen) atoms. The zero-order chi connectivity index (χ0) is 20.5. The summed E-state index contributed by atoms with van der Waals surface area (Å²) in [5.74, 6) is -0.795. The summed E-state index contributed by atoms with van der Waals surface area (Å²) in [6.07, 6.45) is 1.47. The van der Waals surface area contributed by atoms with Gasteiger partial charge in [-0.25, -0.2) is 9.78 Å². The molecule has 2 rings (SSSR count). The second kappa shape index (κ2) is 10.6. The van der Waals surface area contributed by atoms with Gasteiger partial charge in [0.1, 0.15) is 6.61 Å². The molecule has 7 nitrogen and oxygen atoms in total. The molecule has 0 saturated carbocycles. The smallest absolute Gasteiger partial charge is 0.358 e. The number of aryl methyl sites for hydroxylation is 2. The molecule has 1 aromatic carbocycles. The topological polar surface area (TPSA) is 97.4 Å². The molecule has 0 spiro atoms. The minimum absolute atomic E-state index is 0.0934. The van der Waals surface area contributed by atoms with Crippen LogP contribution >= 0.6 is 23.1 Å². The fourth-order valence-electron chi connectivity index (χ4n) is 2.07. The molecule has 0 radical (unpaired) electrons. The molecular formula is C19H21N3O4S2. The van der Waals surface area contributed by atoms with Crippen molar-refractivity contribution in [3.8, 4) is 0 Å². The van der Waals surface area contributed by atoms with Gasteiger partial charge in [0.25, 0.3) is 0 Å². The maximum Gasteiger partial charge on any atom is 0.358 e. The quantitative estimate of drug-likeness (QED) is 0.477. The van der Waals surface area contributed by atoms with Crippen molar-refractivity contribution in [2.24, 2.45) is 0 Å². The van der Waals surface area contributed by atoms with Crippen LogP contribution in [0.1, 0.15) is 20.9 Å². The number of aromatic nitrogens is 1. The molecule has 0 aliphatic heterocycles. The zero-order valence-electron chi connectivity index (χ0n) is 15.6. The minimum Gasteiger partial charge on any atom is -0.457 e. The Balaban J connectivity index is 1.76. The first-order valence-electron chi connectivity index (χ1n) is 8.38. The van der Waals surface area contributed by atoms with Crippen molar-refractivity contribution in [3.63, 3.8) is 0 Å². The van der Waals surface area contributed by atoms with E-state index < -0.39 is 5.97 Å². The van der Waals surface area contributed by atoms with Crippen LogP contribution in [0.15, 0.2) is 36.9 Å². The van der Waals surface area contributed by atoms with Crippen molar-refractivity contribution in [1.29, 1.82) is 0 Å². The molecule has 0 unspecified atom stereocenters. The molecule has 0 atom stereocenters. The number of nitrogens with one attached hydrogen (secondary N) is 2. The van der Waals surface area contributed by atoms with Gasteiger partial charge < -0.3 is 15.4 Å². The van der Waals surface area contributed by atoms with Crippen molar-refractivity contribution < 1.29 is 19.1 Å². The van der Waals surface area contributed by atoms with Crippen molar-refractivity contribution in [2.45, 2.75) is 13.8 Å². The van der Waals surface area contributed by atoms with Crippen LogP contribution in [0.5, 0.6) is 0 Å². The normalized spacial score (nSPS) is 10.2. The maximum atomic E-state index is 12.0. The number of carbonyl (C=O) groups excluding carboxylic acids is 3. The molecule has 1 heterocycles. The number of esters is 1. The molecule has 2 amide bonds. The summed E-state index contributed by atoms with van der Waals surface area (Å²) in [6.45, 7) is 7.27. The lowest BCUT2D eigenvalue weighted by Crippen LogP contribution is -2.18. The molecule has 0 aliphatic carbocycles. The second-order valence-electron chi connectivity index (χ2n) is 5.77. The van der Waals surface area contributed by atoms with Gasteiger partial charge in [-0.05, 0) is 26.0 Å². The van der Waals surface area contributed by atoms with E-state index in [0.717, 1.165) is 11.3 Å². The lowest BCUT2D eigenvalue weighted by molar-refractivity contribution is -0.114. The van der Waals surface area contributed by atoms with Gasteiger partial charge in [0.05, 0.1) is 11.5 Å². The average molecular weight is 420 g/mol. The van der Waals surface area contributed by atoms with E-state index >= 15 is 0 Å². The second-order valence-corrected chi connectivity index (χ2v) is 7.95. The van der Waals surface area contributed by atoms with Gasteiger partial charge in [0, 0.05) is 10.6 Å². The number of ether oxygens (including phenoxy) is 1. The van der Waals surface area contributed by atoms with Crippen LogP contribution in [0.3, 0.4) is 0 Å². The number of anilines is 2. The predicted octanol–water partition coefficient (Wildman–Crippen LogP) is 3.41. The van der Waals surface area contributed by atoms with E-state index in [1.165, 1.54) is 29.2 Å². The molecule has 2 aromatic rings. The van der Waals surface area contributed by atoms with Gasteiger partial charge in [0.2, 0.25) is 11.8 Å². The summed E-state index contributed by atoms with van der Waals surface area (Å²) in [5.41, 5.74) is 2.00. The fourth-order valence-corrected chi connectivity index (χ4v) is 3.50. The van der Waals surface area contributed by atoms with Crippen LogP contribution < -0.4 is 10.6 Å². The predicted molar refractivity (Wildman–Crippen MR) is 113 cm³/mol. The van der Waals surface area contributed by atoms with Crippen LogP contribution in [0.25, 0.3) is 0 Å². The fraction of sp³-hybridized carbons (Fsp3) is 0.263. The lowest BCUT2D eigenvalue weighted by Gasteiger charge is -2.05. The van der Waals surface area contributed by atoms with E-state index in [2.05, 4.69) is 22.2 Å². The van der Waals surface area contributed by atoms with Gasteiger partial charge in [-0.1, -0.05) is 30.4 Å². The number of hydrogen-bond acceptors (Lipinski definition) is 7. The maximum absolute atomic E-state index is 12.0. The van der Waals surface area contributed by atoms with E-state index in [0.29, 0.717) is 10.0 Å². The third-order valence-corrected chi connectivity index (χ3v) is 5.19. The molecule has 9 heteroatoms. The highest BCUT2D eigenvalue weighted by atomic mass is 32.2. The van der Waals surface area contributed by atoms with Gasteiger partial charge in [-0.15, -0.1) is 23.1 Å². The number of carbonyl (C=O) groups is 3. The molecular weight excluding hydrogens is 398 g/mol. The van der Waals surface area contributed by atoms with E-state index in [-0.39, 0.29) is 35.6 Å². The first-order chi connectivity index (χ1) is 13.4. The third-order valence-electron chi connectivity index (χ3n) is 3.37. The van der Waals surface area contributed by atoms with Crippen molar-refractivity contribution in [1.82, 2.24) is 4.98 Å². The summed E-state index contributed by atoms with van der Waals surface area (Å²) >= 11 is 2.38. The van der Waals surface area contributed by atoms with Gasteiger partial charge in [0.15, 0.2) is 10.8 Å². The van der Waals surface area contributed by atoms with E-state index in [1.807, 2.05) is 31.2 Å². The number of nitrogens with zero attached hydrogens (tertiary/aromatic N) is 1. The number of thioether (sulfide) groups is 1. The molecule has 0 bridgehead atoms. The lowest BCUT2D eigenvalue weighted by atomic mass is 10.2. The van der Waals surface area contributed by atoms with Crippen LogP contribution in [-0.2, 0) is 14.3 Å². The average Bonchev–Trinajstić information content (AvgIpc) is 3.01. The Labute approximate surface area is 171 Å². The third kappa shape index (κ3) is 6.82. The zero-order valence-corrected chi connectivity index (χ0v) is 17.2. The minimum atomic E-state index is -0.559. The Bertz CT molecular complexity index is 863. The van der Waals surface area contributed by atoms with Gasteiger partial charge >= 0.3 is 5.97 Å². The molecule has 0 saturated heterocycles. The number of rotatable bonds is 9. The number of hydrogen-bond donors (Lipinski definition) is 2. The monoisotopic (exact) mass is 419 g/mol. The molecule has 2 N–H and O–H groups in total. The number of thiazole rings is 1. The highest BCUT2D eigenvalue weighted by Crippen LogP contribution is 2.23.